The lowest BCUT2D eigenvalue weighted by molar-refractivity contribution is 0.182. The second-order valence-corrected chi connectivity index (χ2v) is 2.94. The molecule has 0 saturated carbocycles. The normalized spacial score (nSPS) is 10.3. The molecule has 3 heteroatoms. The summed E-state index contributed by atoms with van der Waals surface area (Å²) in [7, 11) is 0. The van der Waals surface area contributed by atoms with Crippen LogP contribution < -0.4 is 0 Å². The molecule has 0 aliphatic heterocycles. The van der Waals surface area contributed by atoms with Gasteiger partial charge in [0.2, 0.25) is 0 Å². The Kier molecular flexibility index (Phi) is 1.59. The van der Waals surface area contributed by atoms with Gasteiger partial charge in [-0.05, 0) is 11.5 Å². The number of aromatic nitrogens is 1. The largest absolute Gasteiger partial charge is 0.428 e. The third-order valence-corrected chi connectivity index (χ3v) is 2.20. The molecule has 0 amide bonds. The van der Waals surface area contributed by atoms with Crippen LogP contribution in [0.5, 0.6) is 0 Å². The van der Waals surface area contributed by atoms with Crippen molar-refractivity contribution in [1.29, 1.82) is 0 Å². The average molecular weight is 177 g/mol. The maximum Gasteiger partial charge on any atom is 0.150 e. The first-order chi connectivity index (χ1) is 5.79. The van der Waals surface area contributed by atoms with E-state index >= 15 is 0 Å². The number of fused-ring (bicyclic) bond motifs is 1. The molecule has 0 fully saturated rings. The second kappa shape index (κ2) is 2.60. The fourth-order valence-corrected chi connectivity index (χ4v) is 1.43. The molecule has 1 N–H and O–H groups in total. The van der Waals surface area contributed by atoms with Gasteiger partial charge in [-0.3, -0.25) is 0 Å². The van der Waals surface area contributed by atoms with E-state index < -0.39 is 0 Å². The molecule has 1 heterocycles. The maximum absolute atomic E-state index is 9.23. The predicted octanol–water partition coefficient (Wildman–Crippen LogP) is 2.61. The van der Waals surface area contributed by atoms with Gasteiger partial charge in [-0.1, -0.05) is 36.5 Å². The number of nitrogens with zero attached hydrogens (tertiary/aromatic N) is 1. The number of benzene rings is 1. The van der Waals surface area contributed by atoms with E-state index in [2.05, 4.69) is 0 Å². The molecule has 60 valence electrons. The van der Waals surface area contributed by atoms with Crippen LogP contribution in [0.15, 0.2) is 36.5 Å². The summed E-state index contributed by atoms with van der Waals surface area (Å²) in [5.41, 5.74) is 0. The molecule has 0 bridgehead atoms. The Hall–Kier alpha value is -1.35. The minimum absolute atomic E-state index is 0.452. The van der Waals surface area contributed by atoms with Crippen LogP contribution in [-0.2, 0) is 0 Å². The topological polar surface area (TPSA) is 25.2 Å². The summed E-state index contributed by atoms with van der Waals surface area (Å²) in [6.07, 6.45) is 1.55. The highest BCUT2D eigenvalue weighted by Crippen LogP contribution is 2.13. The maximum atomic E-state index is 9.23. The second-order valence-electron chi connectivity index (χ2n) is 2.55. The summed E-state index contributed by atoms with van der Waals surface area (Å²) in [5, 5.41) is 11.2. The van der Waals surface area contributed by atoms with Gasteiger partial charge in [0.05, 0.1) is 0 Å². The average Bonchev–Trinajstić information content (AvgIpc) is 2.12. The molecule has 0 atom stereocenters. The van der Waals surface area contributed by atoms with Crippen molar-refractivity contribution in [2.75, 3.05) is 0 Å². The molecule has 0 saturated heterocycles. The van der Waals surface area contributed by atoms with Gasteiger partial charge >= 0.3 is 0 Å². The first-order valence-corrected chi connectivity index (χ1v) is 3.99. The van der Waals surface area contributed by atoms with E-state index in [4.69, 9.17) is 12.2 Å². The summed E-state index contributed by atoms with van der Waals surface area (Å²) < 4.78 is 1.41. The number of hydrogen-bond acceptors (Lipinski definition) is 2. The fourth-order valence-electron chi connectivity index (χ4n) is 1.18. The smallest absolute Gasteiger partial charge is 0.150 e. The van der Waals surface area contributed by atoms with Crippen molar-refractivity contribution in [3.8, 4) is 0 Å². The van der Waals surface area contributed by atoms with E-state index in [-0.39, 0.29) is 0 Å². The van der Waals surface area contributed by atoms with Crippen LogP contribution in [0, 0.1) is 4.64 Å². The van der Waals surface area contributed by atoms with Crippen molar-refractivity contribution >= 4 is 23.0 Å². The lowest BCUT2D eigenvalue weighted by Gasteiger charge is -2.00. The van der Waals surface area contributed by atoms with E-state index in [0.717, 1.165) is 15.5 Å². The number of hydrogen-bond donors (Lipinski definition) is 1. The van der Waals surface area contributed by atoms with Crippen LogP contribution in [0.2, 0.25) is 0 Å². The molecule has 1 aromatic heterocycles. The molecule has 1 aromatic carbocycles. The van der Waals surface area contributed by atoms with Crippen LogP contribution >= 0.6 is 12.2 Å². The summed E-state index contributed by atoms with van der Waals surface area (Å²) in [6, 6.07) is 9.53. The Balaban J connectivity index is 3.01. The molecule has 2 rings (SSSR count). The first-order valence-electron chi connectivity index (χ1n) is 3.59. The molecule has 0 radical (unpaired) electrons. The van der Waals surface area contributed by atoms with Crippen LogP contribution in [0.25, 0.3) is 10.8 Å². The quantitative estimate of drug-likeness (QED) is 0.494. The Morgan fingerprint density at radius 3 is 2.75 bits per heavy atom. The standard InChI is InChI=1S/C9H7NOS/c11-10-6-5-7-3-1-2-4-8(7)9(10)12/h1-6,11H. The monoisotopic (exact) mass is 177 g/mol. The zero-order valence-corrected chi connectivity index (χ0v) is 7.08. The van der Waals surface area contributed by atoms with Crippen molar-refractivity contribution in [3.05, 3.63) is 41.2 Å². The minimum Gasteiger partial charge on any atom is -0.428 e. The van der Waals surface area contributed by atoms with Crippen LogP contribution in [-0.4, -0.2) is 9.94 Å². The summed E-state index contributed by atoms with van der Waals surface area (Å²) in [5.74, 6) is 0. The lowest BCUT2D eigenvalue weighted by atomic mass is 10.2. The van der Waals surface area contributed by atoms with Crippen molar-refractivity contribution in [1.82, 2.24) is 4.73 Å². The molecular formula is C9H7NOS. The van der Waals surface area contributed by atoms with E-state index in [9.17, 15) is 5.21 Å². The molecule has 0 spiro atoms. The highest BCUT2D eigenvalue weighted by atomic mass is 32.1. The van der Waals surface area contributed by atoms with Crippen molar-refractivity contribution in [2.45, 2.75) is 0 Å². The Morgan fingerprint density at radius 1 is 1.17 bits per heavy atom. The van der Waals surface area contributed by atoms with Gasteiger partial charge in [0.15, 0.2) is 0 Å². The van der Waals surface area contributed by atoms with Crippen molar-refractivity contribution in [3.63, 3.8) is 0 Å². The van der Waals surface area contributed by atoms with Gasteiger partial charge in [0, 0.05) is 11.6 Å². The van der Waals surface area contributed by atoms with Crippen molar-refractivity contribution in [2.24, 2.45) is 0 Å². The Bertz CT molecular complexity index is 475. The number of pyridine rings is 1. The summed E-state index contributed by atoms with van der Waals surface area (Å²) >= 11 is 5.01. The SMILES string of the molecule is On1ccc2ccccc2c1=S. The van der Waals surface area contributed by atoms with Gasteiger partial charge in [-0.15, -0.1) is 0 Å². The third-order valence-electron chi connectivity index (χ3n) is 1.79. The molecule has 0 unspecified atom stereocenters. The van der Waals surface area contributed by atoms with Crippen LogP contribution in [0.4, 0.5) is 0 Å². The zero-order chi connectivity index (χ0) is 8.55. The fraction of sp³-hybridized carbons (Fsp3) is 0. The summed E-state index contributed by atoms with van der Waals surface area (Å²) in [4.78, 5) is 0. The molecule has 0 aliphatic rings. The summed E-state index contributed by atoms with van der Waals surface area (Å²) in [6.45, 7) is 0. The minimum atomic E-state index is 0.452. The van der Waals surface area contributed by atoms with Gasteiger partial charge in [-0.25, -0.2) is 0 Å². The van der Waals surface area contributed by atoms with Gasteiger partial charge in [-0.2, -0.15) is 4.73 Å². The molecule has 2 aromatic rings. The molecule has 2 nitrogen and oxygen atoms in total. The van der Waals surface area contributed by atoms with E-state index in [1.54, 1.807) is 6.20 Å². The Morgan fingerprint density at radius 2 is 1.92 bits per heavy atom. The predicted molar refractivity (Wildman–Crippen MR) is 50.0 cm³/mol. The van der Waals surface area contributed by atoms with E-state index in [0.29, 0.717) is 4.64 Å². The number of rotatable bonds is 0. The van der Waals surface area contributed by atoms with Gasteiger partial charge in [0.1, 0.15) is 4.64 Å². The van der Waals surface area contributed by atoms with E-state index in [1.165, 1.54) is 0 Å². The van der Waals surface area contributed by atoms with Gasteiger partial charge in [0.25, 0.3) is 0 Å². The Labute approximate surface area is 74.6 Å². The van der Waals surface area contributed by atoms with Crippen molar-refractivity contribution < 1.29 is 5.21 Å². The molecular weight excluding hydrogens is 170 g/mol. The molecule has 0 aliphatic carbocycles. The van der Waals surface area contributed by atoms with Crippen LogP contribution in [0.1, 0.15) is 0 Å². The molecule has 12 heavy (non-hydrogen) atoms. The highest BCUT2D eigenvalue weighted by molar-refractivity contribution is 7.71. The van der Waals surface area contributed by atoms with E-state index in [1.807, 2.05) is 30.3 Å². The van der Waals surface area contributed by atoms with Gasteiger partial charge < -0.3 is 5.21 Å². The lowest BCUT2D eigenvalue weighted by Crippen LogP contribution is -1.92. The highest BCUT2D eigenvalue weighted by Gasteiger charge is 1.95. The third kappa shape index (κ3) is 0.987. The van der Waals surface area contributed by atoms with Crippen LogP contribution in [0.3, 0.4) is 0 Å². The first kappa shape index (κ1) is 7.31. The zero-order valence-electron chi connectivity index (χ0n) is 6.27.